The number of rotatable bonds is 3. The summed E-state index contributed by atoms with van der Waals surface area (Å²) in [5, 5.41) is 3.40. The third-order valence-corrected chi connectivity index (χ3v) is 5.03. The summed E-state index contributed by atoms with van der Waals surface area (Å²) in [4.78, 5) is 3.69. The second-order valence-corrected chi connectivity index (χ2v) is 5.99. The van der Waals surface area contributed by atoms with Crippen molar-refractivity contribution in [1.82, 2.24) is 4.98 Å². The lowest BCUT2D eigenvalue weighted by atomic mass is 10.4. The van der Waals surface area contributed by atoms with Crippen molar-refractivity contribution in [3.05, 3.63) is 23.9 Å². The van der Waals surface area contributed by atoms with Gasteiger partial charge in [-0.2, -0.15) is 23.5 Å². The standard InChI is InChI=1S/C10H12F2N2S2/c11-7-3-9(12)10(13-4-7)14-5-8-6-15-1-2-16-8/h3-4,8H,1-2,5-6H2,(H,13,14). The Balaban J connectivity index is 1.88. The van der Waals surface area contributed by atoms with Crippen LogP contribution in [0.25, 0.3) is 0 Å². The van der Waals surface area contributed by atoms with Gasteiger partial charge < -0.3 is 5.32 Å². The molecule has 2 heterocycles. The predicted molar refractivity (Wildman–Crippen MR) is 66.2 cm³/mol. The van der Waals surface area contributed by atoms with Gasteiger partial charge in [0.05, 0.1) is 6.20 Å². The van der Waals surface area contributed by atoms with E-state index in [-0.39, 0.29) is 5.82 Å². The molecule has 1 fully saturated rings. The average molecular weight is 262 g/mol. The van der Waals surface area contributed by atoms with Crippen LogP contribution < -0.4 is 5.32 Å². The molecule has 6 heteroatoms. The van der Waals surface area contributed by atoms with Crippen LogP contribution in [0.1, 0.15) is 0 Å². The summed E-state index contributed by atoms with van der Waals surface area (Å²) in [5.41, 5.74) is 0. The molecule has 0 radical (unpaired) electrons. The lowest BCUT2D eigenvalue weighted by Gasteiger charge is -2.21. The molecular formula is C10H12F2N2S2. The first kappa shape index (κ1) is 12.0. The third-order valence-electron chi connectivity index (χ3n) is 2.19. The van der Waals surface area contributed by atoms with Crippen molar-refractivity contribution in [3.63, 3.8) is 0 Å². The molecular weight excluding hydrogens is 250 g/mol. The van der Waals surface area contributed by atoms with Gasteiger partial charge in [-0.3, -0.25) is 0 Å². The highest BCUT2D eigenvalue weighted by atomic mass is 32.2. The Morgan fingerprint density at radius 2 is 2.31 bits per heavy atom. The third kappa shape index (κ3) is 3.25. The van der Waals surface area contributed by atoms with Gasteiger partial charge in [-0.1, -0.05) is 0 Å². The minimum absolute atomic E-state index is 0.137. The monoisotopic (exact) mass is 262 g/mol. The number of thioether (sulfide) groups is 2. The molecule has 2 rings (SSSR count). The van der Waals surface area contributed by atoms with Gasteiger partial charge in [0.2, 0.25) is 0 Å². The lowest BCUT2D eigenvalue weighted by molar-refractivity contribution is 0.575. The fourth-order valence-electron chi connectivity index (χ4n) is 1.41. The summed E-state index contributed by atoms with van der Waals surface area (Å²) in [6, 6.07) is 0.845. The zero-order valence-electron chi connectivity index (χ0n) is 8.58. The number of halogens is 2. The molecule has 1 atom stereocenters. The molecule has 1 N–H and O–H groups in total. The van der Waals surface area contributed by atoms with Crippen LogP contribution >= 0.6 is 23.5 Å². The summed E-state index contributed by atoms with van der Waals surface area (Å²) >= 11 is 3.79. The Labute approximate surface area is 102 Å². The SMILES string of the molecule is Fc1cnc(NCC2CSCCS2)c(F)c1. The van der Waals surface area contributed by atoms with Crippen LogP contribution in [0, 0.1) is 11.6 Å². The summed E-state index contributed by atoms with van der Waals surface area (Å²) in [7, 11) is 0. The lowest BCUT2D eigenvalue weighted by Crippen LogP contribution is -2.23. The van der Waals surface area contributed by atoms with Gasteiger partial charge in [0.15, 0.2) is 11.6 Å². The van der Waals surface area contributed by atoms with Crippen LogP contribution in [-0.4, -0.2) is 34.0 Å². The number of nitrogens with one attached hydrogen (secondary N) is 1. The fraction of sp³-hybridized carbons (Fsp3) is 0.500. The normalized spacial score (nSPS) is 20.8. The van der Waals surface area contributed by atoms with Crippen molar-refractivity contribution >= 4 is 29.3 Å². The van der Waals surface area contributed by atoms with Crippen molar-refractivity contribution in [2.75, 3.05) is 29.1 Å². The minimum atomic E-state index is -0.648. The molecule has 1 saturated heterocycles. The second kappa shape index (κ2) is 5.72. The van der Waals surface area contributed by atoms with Gasteiger partial charge in [-0.05, 0) is 0 Å². The van der Waals surface area contributed by atoms with Crippen molar-refractivity contribution in [2.45, 2.75) is 5.25 Å². The van der Waals surface area contributed by atoms with Crippen molar-refractivity contribution in [3.8, 4) is 0 Å². The average Bonchev–Trinajstić information content (AvgIpc) is 2.29. The van der Waals surface area contributed by atoms with E-state index in [9.17, 15) is 8.78 Å². The van der Waals surface area contributed by atoms with Crippen molar-refractivity contribution in [1.29, 1.82) is 0 Å². The Morgan fingerprint density at radius 3 is 3.00 bits per heavy atom. The smallest absolute Gasteiger partial charge is 0.168 e. The molecule has 0 spiro atoms. The van der Waals surface area contributed by atoms with Crippen LogP contribution in [0.2, 0.25) is 0 Å². The molecule has 0 amide bonds. The molecule has 2 nitrogen and oxygen atoms in total. The van der Waals surface area contributed by atoms with Crippen LogP contribution in [0.15, 0.2) is 12.3 Å². The van der Waals surface area contributed by atoms with Crippen molar-refractivity contribution < 1.29 is 8.78 Å². The topological polar surface area (TPSA) is 24.9 Å². The van der Waals surface area contributed by atoms with Gasteiger partial charge in [-0.25, -0.2) is 13.8 Å². The maximum absolute atomic E-state index is 13.2. The Bertz CT molecular complexity index is 357. The number of hydrogen-bond donors (Lipinski definition) is 1. The Morgan fingerprint density at radius 1 is 1.44 bits per heavy atom. The summed E-state index contributed by atoms with van der Waals surface area (Å²) in [6.07, 6.45) is 1.02. The van der Waals surface area contributed by atoms with E-state index in [1.54, 1.807) is 0 Å². The van der Waals surface area contributed by atoms with Gasteiger partial charge >= 0.3 is 0 Å². The van der Waals surface area contributed by atoms with E-state index in [0.717, 1.165) is 23.8 Å². The van der Waals surface area contributed by atoms with E-state index in [1.165, 1.54) is 5.75 Å². The number of nitrogens with zero attached hydrogens (tertiary/aromatic N) is 1. The van der Waals surface area contributed by atoms with Crippen molar-refractivity contribution in [2.24, 2.45) is 0 Å². The minimum Gasteiger partial charge on any atom is -0.366 e. The van der Waals surface area contributed by atoms with Crippen LogP contribution in [0.4, 0.5) is 14.6 Å². The molecule has 1 aromatic heterocycles. The van der Waals surface area contributed by atoms with Gasteiger partial charge in [0, 0.05) is 35.1 Å². The zero-order chi connectivity index (χ0) is 11.4. The molecule has 0 aromatic carbocycles. The number of aromatic nitrogens is 1. The number of hydrogen-bond acceptors (Lipinski definition) is 4. The molecule has 1 aliphatic rings. The Hall–Kier alpha value is -0.490. The highest BCUT2D eigenvalue weighted by Crippen LogP contribution is 2.24. The molecule has 88 valence electrons. The van der Waals surface area contributed by atoms with E-state index in [2.05, 4.69) is 10.3 Å². The Kier molecular flexibility index (Phi) is 4.29. The predicted octanol–water partition coefficient (Wildman–Crippen LogP) is 2.62. The van der Waals surface area contributed by atoms with Crippen LogP contribution in [0.3, 0.4) is 0 Å². The molecule has 0 bridgehead atoms. The molecule has 1 aliphatic heterocycles. The van der Waals surface area contributed by atoms with Gasteiger partial charge in [0.1, 0.15) is 5.82 Å². The van der Waals surface area contributed by atoms with E-state index < -0.39 is 11.6 Å². The maximum Gasteiger partial charge on any atom is 0.168 e. The van der Waals surface area contributed by atoms with Crippen LogP contribution in [0.5, 0.6) is 0 Å². The summed E-state index contributed by atoms with van der Waals surface area (Å²) in [5.74, 6) is 2.25. The van der Waals surface area contributed by atoms with Gasteiger partial charge in [-0.15, -0.1) is 0 Å². The second-order valence-electron chi connectivity index (χ2n) is 3.43. The quantitative estimate of drug-likeness (QED) is 0.905. The zero-order valence-corrected chi connectivity index (χ0v) is 10.2. The highest BCUT2D eigenvalue weighted by molar-refractivity contribution is 8.06. The molecule has 1 aromatic rings. The number of pyridine rings is 1. The maximum atomic E-state index is 13.2. The first-order valence-electron chi connectivity index (χ1n) is 5.00. The highest BCUT2D eigenvalue weighted by Gasteiger charge is 2.15. The van der Waals surface area contributed by atoms with E-state index in [1.807, 2.05) is 23.5 Å². The fourth-order valence-corrected chi connectivity index (χ4v) is 4.02. The summed E-state index contributed by atoms with van der Waals surface area (Å²) in [6.45, 7) is 0.674. The van der Waals surface area contributed by atoms with Crippen LogP contribution in [-0.2, 0) is 0 Å². The van der Waals surface area contributed by atoms with E-state index in [4.69, 9.17) is 0 Å². The molecule has 1 unspecified atom stereocenters. The largest absolute Gasteiger partial charge is 0.366 e. The first-order valence-corrected chi connectivity index (χ1v) is 7.20. The van der Waals surface area contributed by atoms with E-state index in [0.29, 0.717) is 11.8 Å². The molecule has 0 saturated carbocycles. The molecule has 16 heavy (non-hydrogen) atoms. The first-order chi connectivity index (χ1) is 7.75. The summed E-state index contributed by atoms with van der Waals surface area (Å²) < 4.78 is 25.8. The number of anilines is 1. The van der Waals surface area contributed by atoms with E-state index >= 15 is 0 Å². The van der Waals surface area contributed by atoms with Gasteiger partial charge in [0.25, 0.3) is 0 Å². The molecule has 0 aliphatic carbocycles.